The molecular weight excluding hydrogens is 207 g/mol. The summed E-state index contributed by atoms with van der Waals surface area (Å²) < 4.78 is 10.4. The molecule has 0 bridgehead atoms. The molecule has 5 heteroatoms. The van der Waals surface area contributed by atoms with Crippen molar-refractivity contribution < 1.29 is 13.9 Å². The minimum absolute atomic E-state index is 0.0418. The topological polar surface area (TPSA) is 38.7 Å². The van der Waals surface area contributed by atoms with E-state index in [9.17, 15) is 4.89 Å². The largest absolute Gasteiger partial charge is 0.325 e. The summed E-state index contributed by atoms with van der Waals surface area (Å²) in [4.78, 5) is 9.60. The zero-order chi connectivity index (χ0) is 10.5. The van der Waals surface area contributed by atoms with E-state index in [1.165, 1.54) is 0 Å². The highest BCUT2D eigenvalue weighted by atomic mass is 32.5. The lowest BCUT2D eigenvalue weighted by Crippen LogP contribution is -2.10. The van der Waals surface area contributed by atoms with Crippen LogP contribution in [0.3, 0.4) is 0 Å². The van der Waals surface area contributed by atoms with Gasteiger partial charge in [0.05, 0.1) is 12.2 Å². The van der Waals surface area contributed by atoms with Gasteiger partial charge in [-0.25, -0.2) is 0 Å². The van der Waals surface area contributed by atoms with Gasteiger partial charge in [0.15, 0.2) is 0 Å². The molecule has 0 aromatic carbocycles. The van der Waals surface area contributed by atoms with Gasteiger partial charge < -0.3 is 13.9 Å². The van der Waals surface area contributed by atoms with Gasteiger partial charge in [0.2, 0.25) is 0 Å². The molecule has 0 spiro atoms. The summed E-state index contributed by atoms with van der Waals surface area (Å²) in [6, 6.07) is 0. The Morgan fingerprint density at radius 2 is 1.46 bits per heavy atom. The normalized spacial score (nSPS) is 20.7. The molecule has 80 valence electrons. The average molecular weight is 226 g/mol. The van der Waals surface area contributed by atoms with Crippen LogP contribution in [0.5, 0.6) is 0 Å². The third-order valence-corrected chi connectivity index (χ3v) is 3.55. The molecule has 13 heavy (non-hydrogen) atoms. The second-order valence-electron chi connectivity index (χ2n) is 3.12. The van der Waals surface area contributed by atoms with Crippen LogP contribution >= 0.6 is 6.72 Å². The smallest absolute Gasteiger partial charge is 0.324 e. The van der Waals surface area contributed by atoms with Crippen LogP contribution < -0.4 is 0 Å². The molecule has 0 aliphatic carbocycles. The zero-order valence-electron chi connectivity index (χ0n) is 8.69. The van der Waals surface area contributed by atoms with Crippen LogP contribution in [-0.2, 0) is 20.9 Å². The highest BCUT2D eigenvalue weighted by molar-refractivity contribution is 8.07. The molecule has 0 saturated heterocycles. The second-order valence-corrected chi connectivity index (χ2v) is 5.86. The van der Waals surface area contributed by atoms with E-state index in [2.05, 4.69) is 0 Å². The molecule has 0 radical (unpaired) electrons. The van der Waals surface area contributed by atoms with Gasteiger partial charge in [0.25, 0.3) is 0 Å². The van der Waals surface area contributed by atoms with Gasteiger partial charge in [-0.05, 0) is 38.5 Å². The highest BCUT2D eigenvalue weighted by Gasteiger charge is 2.20. The maximum atomic E-state index is 9.60. The standard InChI is InChI=1S/C8H19O3PS/c1-5-7(3)10-12(9,13)11-8(4)6-2/h7-8H,5-6H2,1-4H3,(H,9,13). The first-order valence-corrected chi connectivity index (χ1v) is 7.20. The predicted molar refractivity (Wildman–Crippen MR) is 58.2 cm³/mol. The van der Waals surface area contributed by atoms with Crippen molar-refractivity contribution in [3.05, 3.63) is 0 Å². The molecule has 2 atom stereocenters. The van der Waals surface area contributed by atoms with Crippen LogP contribution in [0.1, 0.15) is 40.5 Å². The zero-order valence-corrected chi connectivity index (χ0v) is 10.4. The first-order valence-electron chi connectivity index (χ1n) is 4.60. The van der Waals surface area contributed by atoms with Gasteiger partial charge in [-0.1, -0.05) is 13.8 Å². The summed E-state index contributed by atoms with van der Waals surface area (Å²) in [6.45, 7) is 4.69. The van der Waals surface area contributed by atoms with Gasteiger partial charge in [-0.3, -0.25) is 0 Å². The summed E-state index contributed by atoms with van der Waals surface area (Å²) in [6.07, 6.45) is 1.56. The third kappa shape index (κ3) is 6.58. The van der Waals surface area contributed by atoms with Gasteiger partial charge in [0, 0.05) is 0 Å². The fraction of sp³-hybridized carbons (Fsp3) is 1.00. The van der Waals surface area contributed by atoms with E-state index in [0.29, 0.717) is 0 Å². The van der Waals surface area contributed by atoms with Gasteiger partial charge in [-0.2, -0.15) is 0 Å². The van der Waals surface area contributed by atoms with E-state index in [4.69, 9.17) is 20.9 Å². The molecule has 3 nitrogen and oxygen atoms in total. The van der Waals surface area contributed by atoms with Crippen molar-refractivity contribution in [1.82, 2.24) is 0 Å². The Balaban J connectivity index is 4.00. The Morgan fingerprint density at radius 3 is 1.69 bits per heavy atom. The predicted octanol–water partition coefficient (Wildman–Crippen LogP) is 2.83. The highest BCUT2D eigenvalue weighted by Crippen LogP contribution is 2.46. The van der Waals surface area contributed by atoms with Crippen LogP contribution in [0.2, 0.25) is 0 Å². The monoisotopic (exact) mass is 226 g/mol. The number of rotatable bonds is 6. The number of hydrogen-bond donors (Lipinski definition) is 1. The fourth-order valence-corrected chi connectivity index (χ4v) is 2.77. The van der Waals surface area contributed by atoms with Crippen molar-refractivity contribution in [2.24, 2.45) is 0 Å². The Hall–Kier alpha value is 0.530. The first kappa shape index (κ1) is 13.5. The summed E-state index contributed by atoms with van der Waals surface area (Å²) in [5.41, 5.74) is 0. The average Bonchev–Trinajstić information content (AvgIpc) is 2.02. The maximum Gasteiger partial charge on any atom is 0.325 e. The third-order valence-electron chi connectivity index (χ3n) is 1.78. The number of hydrogen-bond acceptors (Lipinski definition) is 3. The SMILES string of the molecule is CCC(C)OP(O)(=S)OC(C)CC. The van der Waals surface area contributed by atoms with E-state index >= 15 is 0 Å². The van der Waals surface area contributed by atoms with Gasteiger partial charge >= 0.3 is 6.72 Å². The van der Waals surface area contributed by atoms with Crippen LogP contribution in [0, 0.1) is 0 Å². The van der Waals surface area contributed by atoms with Crippen molar-refractivity contribution in [3.63, 3.8) is 0 Å². The van der Waals surface area contributed by atoms with E-state index in [1.807, 2.05) is 27.7 Å². The molecule has 0 saturated carbocycles. The molecule has 2 unspecified atom stereocenters. The summed E-state index contributed by atoms with van der Waals surface area (Å²) in [5.74, 6) is 0. The van der Waals surface area contributed by atoms with E-state index in [-0.39, 0.29) is 12.2 Å². The van der Waals surface area contributed by atoms with Crippen molar-refractivity contribution in [2.75, 3.05) is 0 Å². The van der Waals surface area contributed by atoms with Crippen molar-refractivity contribution in [1.29, 1.82) is 0 Å². The minimum atomic E-state index is -3.00. The molecule has 0 heterocycles. The molecule has 1 N–H and O–H groups in total. The fourth-order valence-electron chi connectivity index (χ4n) is 0.629. The molecule has 0 aromatic rings. The lowest BCUT2D eigenvalue weighted by Gasteiger charge is -2.22. The van der Waals surface area contributed by atoms with E-state index in [1.54, 1.807) is 0 Å². The van der Waals surface area contributed by atoms with Crippen LogP contribution in [-0.4, -0.2) is 17.1 Å². The molecule has 0 aromatic heterocycles. The molecule has 0 amide bonds. The second kappa shape index (κ2) is 6.10. The summed E-state index contributed by atoms with van der Waals surface area (Å²) in [5, 5.41) is 0. The van der Waals surface area contributed by atoms with E-state index in [0.717, 1.165) is 12.8 Å². The summed E-state index contributed by atoms with van der Waals surface area (Å²) >= 11 is 4.85. The van der Waals surface area contributed by atoms with E-state index < -0.39 is 6.72 Å². The molecular formula is C8H19O3PS. The van der Waals surface area contributed by atoms with Crippen LogP contribution in [0.25, 0.3) is 0 Å². The molecule has 0 rings (SSSR count). The Bertz CT molecular complexity index is 170. The quantitative estimate of drug-likeness (QED) is 0.707. The Labute approximate surface area is 85.7 Å². The lowest BCUT2D eigenvalue weighted by molar-refractivity contribution is 0.118. The first-order chi connectivity index (χ1) is 5.91. The lowest BCUT2D eigenvalue weighted by atomic mass is 10.3. The van der Waals surface area contributed by atoms with Gasteiger partial charge in [-0.15, -0.1) is 0 Å². The maximum absolute atomic E-state index is 9.60. The van der Waals surface area contributed by atoms with Crippen molar-refractivity contribution in [2.45, 2.75) is 52.7 Å². The Kier molecular flexibility index (Phi) is 6.34. The molecule has 0 fully saturated rings. The Morgan fingerprint density at radius 1 is 1.15 bits per heavy atom. The van der Waals surface area contributed by atoms with Crippen molar-refractivity contribution >= 4 is 18.5 Å². The summed E-state index contributed by atoms with van der Waals surface area (Å²) in [7, 11) is 0. The van der Waals surface area contributed by atoms with Crippen LogP contribution in [0.4, 0.5) is 0 Å². The molecule has 0 aliphatic rings. The minimum Gasteiger partial charge on any atom is -0.324 e. The van der Waals surface area contributed by atoms with Crippen LogP contribution in [0.15, 0.2) is 0 Å². The molecule has 0 aliphatic heterocycles. The van der Waals surface area contributed by atoms with Crippen molar-refractivity contribution in [3.8, 4) is 0 Å². The van der Waals surface area contributed by atoms with Gasteiger partial charge in [0.1, 0.15) is 0 Å².